The number of aromatic nitrogens is 2. The van der Waals surface area contributed by atoms with E-state index < -0.39 is 11.6 Å². The second-order valence-electron chi connectivity index (χ2n) is 5.30. The third kappa shape index (κ3) is 2.48. The van der Waals surface area contributed by atoms with Crippen molar-refractivity contribution in [1.29, 1.82) is 0 Å². The van der Waals surface area contributed by atoms with Gasteiger partial charge < -0.3 is 4.98 Å². The molecule has 4 aromatic rings. The number of hydrogen-bond donors (Lipinski definition) is 1. The number of H-pyrrole nitrogens is 1. The topological polar surface area (TPSA) is 28.7 Å². The lowest BCUT2D eigenvalue weighted by atomic mass is 10.0. The quantitative estimate of drug-likeness (QED) is 0.543. The Morgan fingerprint density at radius 3 is 2.26 bits per heavy atom. The molecule has 1 N–H and O–H groups in total. The number of nitrogens with zero attached hydrogens (tertiary/aromatic N) is 1. The maximum atomic E-state index is 13.8. The second-order valence-corrected chi connectivity index (χ2v) is 5.30. The highest BCUT2D eigenvalue weighted by Gasteiger charge is 2.08. The van der Waals surface area contributed by atoms with E-state index in [1.54, 1.807) is 12.1 Å². The van der Waals surface area contributed by atoms with Crippen LogP contribution >= 0.6 is 0 Å². The summed E-state index contributed by atoms with van der Waals surface area (Å²) in [6.07, 6.45) is 0. The second kappa shape index (κ2) is 5.32. The maximum absolute atomic E-state index is 13.8. The summed E-state index contributed by atoms with van der Waals surface area (Å²) in [5.74, 6) is -0.385. The predicted molar refractivity (Wildman–Crippen MR) is 86.9 cm³/mol. The van der Waals surface area contributed by atoms with Gasteiger partial charge in [0.1, 0.15) is 17.5 Å². The molecule has 112 valence electrons. The first-order valence-corrected chi connectivity index (χ1v) is 7.21. The molecule has 4 heteroatoms. The van der Waals surface area contributed by atoms with Crippen LogP contribution in [0.25, 0.3) is 33.5 Å². The lowest BCUT2D eigenvalue weighted by molar-refractivity contribution is 0.585. The number of aromatic amines is 1. The van der Waals surface area contributed by atoms with Gasteiger partial charge in [0.2, 0.25) is 0 Å². The fourth-order valence-corrected chi connectivity index (χ4v) is 2.62. The SMILES string of the molecule is Fc1ccc(-c2ccc(-c3nc4ccccc4[nH]3)cc2)c(F)c1. The summed E-state index contributed by atoms with van der Waals surface area (Å²) in [6, 6.07) is 18.7. The van der Waals surface area contributed by atoms with Crippen LogP contribution < -0.4 is 0 Å². The van der Waals surface area contributed by atoms with E-state index in [0.29, 0.717) is 11.1 Å². The van der Waals surface area contributed by atoms with Gasteiger partial charge in [0.05, 0.1) is 11.0 Å². The maximum Gasteiger partial charge on any atom is 0.138 e. The molecule has 0 aliphatic rings. The Kier molecular flexibility index (Phi) is 3.15. The highest BCUT2D eigenvalue weighted by atomic mass is 19.1. The van der Waals surface area contributed by atoms with Gasteiger partial charge >= 0.3 is 0 Å². The van der Waals surface area contributed by atoms with E-state index in [-0.39, 0.29) is 0 Å². The summed E-state index contributed by atoms with van der Waals surface area (Å²) in [6.45, 7) is 0. The van der Waals surface area contributed by atoms with Gasteiger partial charge in [0.25, 0.3) is 0 Å². The molecule has 0 bridgehead atoms. The Bertz CT molecular complexity index is 955. The van der Waals surface area contributed by atoms with Crippen LogP contribution in [0.4, 0.5) is 8.78 Å². The molecular formula is C19H12F2N2. The zero-order chi connectivity index (χ0) is 15.8. The van der Waals surface area contributed by atoms with E-state index in [4.69, 9.17) is 0 Å². The Balaban J connectivity index is 1.72. The van der Waals surface area contributed by atoms with Gasteiger partial charge in [-0.15, -0.1) is 0 Å². The number of fused-ring (bicyclic) bond motifs is 1. The average molecular weight is 306 g/mol. The number of nitrogens with one attached hydrogen (secondary N) is 1. The summed E-state index contributed by atoms with van der Waals surface area (Å²) in [5.41, 5.74) is 3.85. The number of benzene rings is 3. The van der Waals surface area contributed by atoms with E-state index in [0.717, 1.165) is 28.5 Å². The van der Waals surface area contributed by atoms with Gasteiger partial charge in [-0.1, -0.05) is 36.4 Å². The van der Waals surface area contributed by atoms with Crippen molar-refractivity contribution >= 4 is 11.0 Å². The molecule has 0 amide bonds. The van der Waals surface area contributed by atoms with Crippen LogP contribution in [0.5, 0.6) is 0 Å². The van der Waals surface area contributed by atoms with Gasteiger partial charge in [-0.3, -0.25) is 0 Å². The first kappa shape index (κ1) is 13.6. The van der Waals surface area contributed by atoms with Crippen LogP contribution in [0, 0.1) is 11.6 Å². The molecule has 0 unspecified atom stereocenters. The molecule has 0 spiro atoms. The summed E-state index contributed by atoms with van der Waals surface area (Å²) in [4.78, 5) is 7.79. The molecule has 2 nitrogen and oxygen atoms in total. The number of halogens is 2. The first-order chi connectivity index (χ1) is 11.2. The lowest BCUT2D eigenvalue weighted by Gasteiger charge is -2.04. The zero-order valence-corrected chi connectivity index (χ0v) is 12.1. The number of para-hydroxylation sites is 2. The van der Waals surface area contributed by atoms with Crippen LogP contribution in [0.15, 0.2) is 66.7 Å². The summed E-state index contributed by atoms with van der Waals surface area (Å²) in [7, 11) is 0. The van der Waals surface area contributed by atoms with Crippen LogP contribution in [0.1, 0.15) is 0 Å². The Labute approximate surface area is 131 Å². The van der Waals surface area contributed by atoms with Crippen molar-refractivity contribution in [2.75, 3.05) is 0 Å². The van der Waals surface area contributed by atoms with Crippen LogP contribution in [-0.2, 0) is 0 Å². The van der Waals surface area contributed by atoms with E-state index >= 15 is 0 Å². The van der Waals surface area contributed by atoms with E-state index in [1.807, 2.05) is 36.4 Å². The van der Waals surface area contributed by atoms with E-state index in [9.17, 15) is 8.78 Å². The largest absolute Gasteiger partial charge is 0.338 e. The molecule has 3 aromatic carbocycles. The fraction of sp³-hybridized carbons (Fsp3) is 0. The van der Waals surface area contributed by atoms with Gasteiger partial charge in [-0.25, -0.2) is 13.8 Å². The standard InChI is InChI=1S/C19H12F2N2/c20-14-9-10-15(16(21)11-14)12-5-7-13(8-6-12)19-22-17-3-1-2-4-18(17)23-19/h1-11H,(H,22,23). The van der Waals surface area contributed by atoms with Crippen molar-refractivity contribution in [1.82, 2.24) is 9.97 Å². The number of rotatable bonds is 2. The van der Waals surface area contributed by atoms with Crippen LogP contribution in [0.2, 0.25) is 0 Å². The lowest BCUT2D eigenvalue weighted by Crippen LogP contribution is -1.87. The minimum atomic E-state index is -0.579. The molecule has 4 rings (SSSR count). The molecule has 1 aromatic heterocycles. The summed E-state index contributed by atoms with van der Waals surface area (Å²) in [5, 5.41) is 0. The Morgan fingerprint density at radius 2 is 1.52 bits per heavy atom. The Hall–Kier alpha value is -3.01. The monoisotopic (exact) mass is 306 g/mol. The summed E-state index contributed by atoms with van der Waals surface area (Å²) < 4.78 is 26.8. The van der Waals surface area contributed by atoms with E-state index in [2.05, 4.69) is 9.97 Å². The summed E-state index contributed by atoms with van der Waals surface area (Å²) >= 11 is 0. The Morgan fingerprint density at radius 1 is 0.783 bits per heavy atom. The van der Waals surface area contributed by atoms with Crippen molar-refractivity contribution < 1.29 is 8.78 Å². The molecule has 0 radical (unpaired) electrons. The third-order valence-corrected chi connectivity index (χ3v) is 3.79. The smallest absolute Gasteiger partial charge is 0.138 e. The minimum absolute atomic E-state index is 0.377. The van der Waals surface area contributed by atoms with Crippen molar-refractivity contribution in [3.05, 3.63) is 78.4 Å². The van der Waals surface area contributed by atoms with Gasteiger partial charge in [-0.2, -0.15) is 0 Å². The van der Waals surface area contributed by atoms with E-state index in [1.165, 1.54) is 12.1 Å². The molecule has 23 heavy (non-hydrogen) atoms. The van der Waals surface area contributed by atoms with Gasteiger partial charge in [0, 0.05) is 17.2 Å². The molecule has 0 fully saturated rings. The third-order valence-electron chi connectivity index (χ3n) is 3.79. The molecule has 0 atom stereocenters. The highest BCUT2D eigenvalue weighted by Crippen LogP contribution is 2.27. The molecule has 0 saturated carbocycles. The van der Waals surface area contributed by atoms with Gasteiger partial charge in [-0.05, 0) is 29.8 Å². The first-order valence-electron chi connectivity index (χ1n) is 7.21. The molecular weight excluding hydrogens is 294 g/mol. The molecule has 1 heterocycles. The number of hydrogen-bond acceptors (Lipinski definition) is 1. The van der Waals surface area contributed by atoms with Crippen molar-refractivity contribution in [2.45, 2.75) is 0 Å². The average Bonchev–Trinajstić information content (AvgIpc) is 2.99. The molecule has 0 saturated heterocycles. The molecule has 0 aliphatic carbocycles. The highest BCUT2D eigenvalue weighted by molar-refractivity contribution is 5.79. The predicted octanol–water partition coefficient (Wildman–Crippen LogP) is 5.18. The van der Waals surface area contributed by atoms with Crippen molar-refractivity contribution in [3.8, 4) is 22.5 Å². The van der Waals surface area contributed by atoms with Crippen molar-refractivity contribution in [3.63, 3.8) is 0 Å². The zero-order valence-electron chi connectivity index (χ0n) is 12.1. The fourth-order valence-electron chi connectivity index (χ4n) is 2.62. The van der Waals surface area contributed by atoms with Crippen molar-refractivity contribution in [2.24, 2.45) is 0 Å². The van der Waals surface area contributed by atoms with Gasteiger partial charge in [0.15, 0.2) is 0 Å². The van der Waals surface area contributed by atoms with Crippen LogP contribution in [0.3, 0.4) is 0 Å². The van der Waals surface area contributed by atoms with Crippen LogP contribution in [-0.4, -0.2) is 9.97 Å². The minimum Gasteiger partial charge on any atom is -0.338 e. The molecule has 0 aliphatic heterocycles. The normalized spacial score (nSPS) is 11.0. The number of imidazole rings is 1.